The van der Waals surface area contributed by atoms with Gasteiger partial charge >= 0.3 is 0 Å². The minimum atomic E-state index is -0.146. The van der Waals surface area contributed by atoms with Gasteiger partial charge in [-0.3, -0.25) is 15.1 Å². The van der Waals surface area contributed by atoms with Crippen LogP contribution in [-0.4, -0.2) is 21.9 Å². The van der Waals surface area contributed by atoms with Gasteiger partial charge in [0.2, 0.25) is 0 Å². The fourth-order valence-electron chi connectivity index (χ4n) is 3.11. The van der Waals surface area contributed by atoms with E-state index < -0.39 is 0 Å². The molecule has 0 aliphatic heterocycles. The minimum Gasteiger partial charge on any atom is -0.327 e. The van der Waals surface area contributed by atoms with Crippen molar-refractivity contribution in [3.05, 3.63) is 52.2 Å². The molecule has 5 nitrogen and oxygen atoms in total. The minimum absolute atomic E-state index is 0.146. The highest BCUT2D eigenvalue weighted by Crippen LogP contribution is 2.30. The summed E-state index contributed by atoms with van der Waals surface area (Å²) in [7, 11) is 0. The molecular weight excluding hydrogens is 320 g/mol. The van der Waals surface area contributed by atoms with Crippen molar-refractivity contribution < 1.29 is 4.79 Å². The first-order chi connectivity index (χ1) is 11.6. The highest BCUT2D eigenvalue weighted by Gasteiger charge is 2.21. The number of anilines is 1. The van der Waals surface area contributed by atoms with Crippen LogP contribution in [-0.2, 0) is 12.8 Å². The number of hydrogen-bond donors (Lipinski definition) is 2. The van der Waals surface area contributed by atoms with E-state index in [0.717, 1.165) is 41.6 Å². The largest absolute Gasteiger partial charge is 0.327 e. The van der Waals surface area contributed by atoms with Gasteiger partial charge in [-0.25, -0.2) is 4.98 Å². The maximum atomic E-state index is 12.8. The summed E-state index contributed by atoms with van der Waals surface area (Å²) in [5.41, 5.74) is 9.37. The van der Waals surface area contributed by atoms with Crippen molar-refractivity contribution in [1.82, 2.24) is 9.97 Å². The van der Waals surface area contributed by atoms with Gasteiger partial charge in [-0.1, -0.05) is 18.2 Å². The Morgan fingerprint density at radius 1 is 1.33 bits per heavy atom. The lowest BCUT2D eigenvalue weighted by molar-refractivity contribution is 0.102. The summed E-state index contributed by atoms with van der Waals surface area (Å²) in [6.07, 6.45) is 2.69. The third-order valence-electron chi connectivity index (χ3n) is 4.29. The fraction of sp³-hybridized carbons (Fsp3) is 0.278. The van der Waals surface area contributed by atoms with Crippen molar-refractivity contribution in [1.29, 1.82) is 0 Å². The van der Waals surface area contributed by atoms with E-state index in [-0.39, 0.29) is 11.9 Å². The Kier molecular flexibility index (Phi) is 3.78. The van der Waals surface area contributed by atoms with Crippen molar-refractivity contribution >= 4 is 33.3 Å². The van der Waals surface area contributed by atoms with Crippen LogP contribution < -0.4 is 11.1 Å². The third-order valence-corrected chi connectivity index (χ3v) is 5.32. The summed E-state index contributed by atoms with van der Waals surface area (Å²) in [4.78, 5) is 23.0. The van der Waals surface area contributed by atoms with Crippen molar-refractivity contribution in [3.8, 4) is 0 Å². The number of pyridine rings is 1. The zero-order valence-corrected chi connectivity index (χ0v) is 14.2. The van der Waals surface area contributed by atoms with E-state index in [1.165, 1.54) is 16.2 Å². The highest BCUT2D eigenvalue weighted by molar-refractivity contribution is 7.15. The molecule has 0 bridgehead atoms. The second-order valence-corrected chi connectivity index (χ2v) is 7.26. The molecule has 1 aromatic carbocycles. The zero-order chi connectivity index (χ0) is 16.7. The van der Waals surface area contributed by atoms with E-state index in [9.17, 15) is 4.79 Å². The lowest BCUT2D eigenvalue weighted by Crippen LogP contribution is -2.27. The van der Waals surface area contributed by atoms with Crippen molar-refractivity contribution in [2.75, 3.05) is 5.32 Å². The molecule has 4 rings (SSSR count). The van der Waals surface area contributed by atoms with Gasteiger partial charge in [0, 0.05) is 22.0 Å². The van der Waals surface area contributed by atoms with Gasteiger partial charge in [0.25, 0.3) is 5.91 Å². The van der Waals surface area contributed by atoms with E-state index in [0.29, 0.717) is 10.7 Å². The predicted molar refractivity (Wildman–Crippen MR) is 96.5 cm³/mol. The second-order valence-electron chi connectivity index (χ2n) is 6.17. The molecule has 1 amide bonds. The molecule has 0 spiro atoms. The Balaban J connectivity index is 1.66. The van der Waals surface area contributed by atoms with Crippen LogP contribution in [0.4, 0.5) is 5.13 Å². The Hall–Kier alpha value is -2.31. The second kappa shape index (κ2) is 5.96. The van der Waals surface area contributed by atoms with E-state index in [1.807, 2.05) is 37.3 Å². The molecule has 1 atom stereocenters. The number of carbonyl (C=O) groups is 1. The number of benzene rings is 1. The SMILES string of the molecule is Cc1cc(C(=O)Nc2nc3c(s2)C[C@@H](N)CC3)c2ccccc2n1. The smallest absolute Gasteiger partial charge is 0.258 e. The van der Waals surface area contributed by atoms with Gasteiger partial charge in [0.05, 0.1) is 16.8 Å². The van der Waals surface area contributed by atoms with Gasteiger partial charge in [-0.15, -0.1) is 11.3 Å². The first-order valence-corrected chi connectivity index (χ1v) is 8.83. The third kappa shape index (κ3) is 2.79. The molecule has 24 heavy (non-hydrogen) atoms. The lowest BCUT2D eigenvalue weighted by atomic mass is 9.99. The number of carbonyl (C=O) groups excluding carboxylic acids is 1. The van der Waals surface area contributed by atoms with Crippen LogP contribution >= 0.6 is 11.3 Å². The van der Waals surface area contributed by atoms with Crippen molar-refractivity contribution in [2.45, 2.75) is 32.2 Å². The van der Waals surface area contributed by atoms with Crippen LogP contribution in [0.1, 0.15) is 33.0 Å². The van der Waals surface area contributed by atoms with Crippen LogP contribution in [0.2, 0.25) is 0 Å². The number of aromatic nitrogens is 2. The molecule has 0 unspecified atom stereocenters. The van der Waals surface area contributed by atoms with Crippen LogP contribution in [0.5, 0.6) is 0 Å². The normalized spacial score (nSPS) is 16.8. The summed E-state index contributed by atoms with van der Waals surface area (Å²) in [6, 6.07) is 9.70. The Morgan fingerprint density at radius 3 is 3.04 bits per heavy atom. The maximum absolute atomic E-state index is 12.8. The number of nitrogens with zero attached hydrogens (tertiary/aromatic N) is 2. The molecule has 2 aromatic heterocycles. The predicted octanol–water partition coefficient (Wildman–Crippen LogP) is 3.07. The van der Waals surface area contributed by atoms with Crippen LogP contribution in [0.3, 0.4) is 0 Å². The van der Waals surface area contributed by atoms with E-state index in [1.54, 1.807) is 0 Å². The molecule has 3 aromatic rings. The van der Waals surface area contributed by atoms with Gasteiger partial charge in [0.15, 0.2) is 5.13 Å². The van der Waals surface area contributed by atoms with Crippen LogP contribution in [0.25, 0.3) is 10.9 Å². The molecule has 1 aliphatic carbocycles. The number of fused-ring (bicyclic) bond motifs is 2. The number of thiazole rings is 1. The molecule has 0 saturated heterocycles. The maximum Gasteiger partial charge on any atom is 0.258 e. The standard InChI is InChI=1S/C18H18N4OS/c1-10-8-13(12-4-2-3-5-14(12)20-10)17(23)22-18-21-15-7-6-11(19)9-16(15)24-18/h2-5,8,11H,6-7,9,19H2,1H3,(H,21,22,23)/t11-/m0/s1. The molecule has 0 saturated carbocycles. The Labute approximate surface area is 143 Å². The van der Waals surface area contributed by atoms with Crippen LogP contribution in [0.15, 0.2) is 30.3 Å². The van der Waals surface area contributed by atoms with Crippen LogP contribution in [0, 0.1) is 6.92 Å². The first kappa shape index (κ1) is 15.2. The monoisotopic (exact) mass is 338 g/mol. The van der Waals surface area contributed by atoms with Gasteiger partial charge in [0.1, 0.15) is 0 Å². The average Bonchev–Trinajstić information content (AvgIpc) is 2.95. The molecule has 0 fully saturated rings. The molecule has 3 N–H and O–H groups in total. The molecule has 122 valence electrons. The molecule has 6 heteroatoms. The average molecular weight is 338 g/mol. The lowest BCUT2D eigenvalue weighted by Gasteiger charge is -2.15. The van der Waals surface area contributed by atoms with Gasteiger partial charge < -0.3 is 5.73 Å². The first-order valence-electron chi connectivity index (χ1n) is 8.02. The highest BCUT2D eigenvalue weighted by atomic mass is 32.1. The summed E-state index contributed by atoms with van der Waals surface area (Å²) >= 11 is 1.53. The summed E-state index contributed by atoms with van der Waals surface area (Å²) in [5, 5.41) is 4.45. The van der Waals surface area contributed by atoms with E-state index in [4.69, 9.17) is 5.73 Å². The van der Waals surface area contributed by atoms with Crippen molar-refractivity contribution in [2.24, 2.45) is 5.73 Å². The number of rotatable bonds is 2. The number of aryl methyl sites for hydroxylation is 2. The Bertz CT molecular complexity index is 934. The Morgan fingerprint density at radius 2 is 2.17 bits per heavy atom. The molecule has 0 radical (unpaired) electrons. The number of para-hydroxylation sites is 1. The number of nitrogens with two attached hydrogens (primary N) is 1. The fourth-order valence-corrected chi connectivity index (χ4v) is 4.21. The van der Waals surface area contributed by atoms with E-state index >= 15 is 0 Å². The topological polar surface area (TPSA) is 80.9 Å². The molecular formula is C18H18N4OS. The number of hydrogen-bond acceptors (Lipinski definition) is 5. The molecule has 2 heterocycles. The zero-order valence-electron chi connectivity index (χ0n) is 13.4. The summed E-state index contributed by atoms with van der Waals surface area (Å²) in [5.74, 6) is -0.146. The van der Waals surface area contributed by atoms with Gasteiger partial charge in [-0.05, 0) is 38.3 Å². The quantitative estimate of drug-likeness (QED) is 0.752. The van der Waals surface area contributed by atoms with Crippen molar-refractivity contribution in [3.63, 3.8) is 0 Å². The van der Waals surface area contributed by atoms with Gasteiger partial charge in [-0.2, -0.15) is 0 Å². The van der Waals surface area contributed by atoms with E-state index in [2.05, 4.69) is 15.3 Å². The number of amides is 1. The number of nitrogens with one attached hydrogen (secondary N) is 1. The summed E-state index contributed by atoms with van der Waals surface area (Å²) in [6.45, 7) is 1.90. The summed E-state index contributed by atoms with van der Waals surface area (Å²) < 4.78 is 0. The molecule has 1 aliphatic rings.